The summed E-state index contributed by atoms with van der Waals surface area (Å²) in [5.74, 6) is -0.0534. The molecule has 1 atom stereocenters. The molecule has 3 rings (SSSR count). The van der Waals surface area contributed by atoms with Gasteiger partial charge < -0.3 is 10.6 Å². The van der Waals surface area contributed by atoms with Gasteiger partial charge in [-0.05, 0) is 48.9 Å². The molecule has 8 heteroatoms. The summed E-state index contributed by atoms with van der Waals surface area (Å²) in [7, 11) is -3.56. The first kappa shape index (κ1) is 20.2. The van der Waals surface area contributed by atoms with Crippen LogP contribution >= 0.6 is 12.4 Å². The Morgan fingerprint density at radius 2 is 2.04 bits per heavy atom. The van der Waals surface area contributed by atoms with E-state index in [4.69, 9.17) is 5.73 Å². The third-order valence-corrected chi connectivity index (χ3v) is 7.05. The van der Waals surface area contributed by atoms with Gasteiger partial charge in [0.15, 0.2) is 0 Å². The predicted molar refractivity (Wildman–Crippen MR) is 101 cm³/mol. The number of amides is 1. The molecule has 2 aliphatic heterocycles. The third-order valence-electron chi connectivity index (χ3n) is 5.21. The van der Waals surface area contributed by atoms with Crippen molar-refractivity contribution < 1.29 is 13.2 Å². The monoisotopic (exact) mass is 387 g/mol. The maximum Gasteiger partial charge on any atom is 0.243 e. The summed E-state index contributed by atoms with van der Waals surface area (Å²) in [4.78, 5) is 13.8. The minimum atomic E-state index is -3.56. The van der Waals surface area contributed by atoms with Crippen molar-refractivity contribution in [2.24, 2.45) is 11.1 Å². The van der Waals surface area contributed by atoms with Gasteiger partial charge >= 0.3 is 0 Å². The molecule has 1 fully saturated rings. The lowest BCUT2D eigenvalue weighted by molar-refractivity contribution is -0.116. The molecule has 25 heavy (non-hydrogen) atoms. The van der Waals surface area contributed by atoms with Gasteiger partial charge in [0.25, 0.3) is 0 Å². The number of fused-ring (bicyclic) bond motifs is 1. The van der Waals surface area contributed by atoms with Crippen LogP contribution in [-0.4, -0.2) is 44.8 Å². The lowest BCUT2D eigenvalue weighted by Gasteiger charge is -2.29. The second-order valence-electron chi connectivity index (χ2n) is 7.17. The highest BCUT2D eigenvalue weighted by atomic mass is 35.5. The van der Waals surface area contributed by atoms with Crippen LogP contribution in [-0.2, 0) is 21.2 Å². The zero-order valence-electron chi connectivity index (χ0n) is 14.7. The lowest BCUT2D eigenvalue weighted by atomic mass is 9.90. The summed E-state index contributed by atoms with van der Waals surface area (Å²) in [6.45, 7) is 5.58. The van der Waals surface area contributed by atoms with Crippen LogP contribution in [0.5, 0.6) is 0 Å². The Balaban J connectivity index is 0.00000225. The SMILES string of the molecule is CC(=O)N1CCCc2ccc(S(=O)(=O)N3CCC(C)(CN)C3)cc21.Cl. The summed E-state index contributed by atoms with van der Waals surface area (Å²) in [5, 5.41) is 0. The number of hydrogen-bond acceptors (Lipinski definition) is 4. The molecule has 0 aliphatic carbocycles. The van der Waals surface area contributed by atoms with E-state index in [0.29, 0.717) is 26.2 Å². The Morgan fingerprint density at radius 1 is 1.32 bits per heavy atom. The summed E-state index contributed by atoms with van der Waals surface area (Å²) in [6, 6.07) is 5.16. The molecule has 2 N–H and O–H groups in total. The van der Waals surface area contributed by atoms with E-state index in [1.807, 2.05) is 13.0 Å². The first-order chi connectivity index (χ1) is 11.3. The molecule has 2 aliphatic rings. The standard InChI is InChI=1S/C17H25N3O3S.ClH/c1-13(21)20-8-3-4-14-5-6-15(10-16(14)20)24(22,23)19-9-7-17(2,11-18)12-19;/h5-6,10H,3-4,7-9,11-12,18H2,1-2H3;1H. The van der Waals surface area contributed by atoms with Crippen LogP contribution in [0.2, 0.25) is 0 Å². The van der Waals surface area contributed by atoms with Gasteiger partial charge in [-0.1, -0.05) is 13.0 Å². The lowest BCUT2D eigenvalue weighted by Crippen LogP contribution is -2.35. The molecule has 2 heterocycles. The Bertz CT molecular complexity index is 768. The van der Waals surface area contributed by atoms with Crippen LogP contribution in [0.15, 0.2) is 23.1 Å². The first-order valence-electron chi connectivity index (χ1n) is 8.38. The molecule has 0 bridgehead atoms. The Hall–Kier alpha value is -1.15. The van der Waals surface area contributed by atoms with Crippen molar-refractivity contribution in [1.29, 1.82) is 0 Å². The van der Waals surface area contributed by atoms with E-state index in [1.165, 1.54) is 11.2 Å². The molecule has 0 saturated carbocycles. The number of benzene rings is 1. The molecule has 1 unspecified atom stereocenters. The van der Waals surface area contributed by atoms with E-state index in [2.05, 4.69) is 0 Å². The highest BCUT2D eigenvalue weighted by Gasteiger charge is 2.39. The van der Waals surface area contributed by atoms with Crippen molar-refractivity contribution in [2.45, 2.75) is 38.0 Å². The topological polar surface area (TPSA) is 83.7 Å². The molecule has 1 aromatic carbocycles. The molecule has 0 radical (unpaired) electrons. The predicted octanol–water partition coefficient (Wildman–Crippen LogP) is 1.77. The van der Waals surface area contributed by atoms with Gasteiger partial charge in [-0.3, -0.25) is 4.79 Å². The van der Waals surface area contributed by atoms with Crippen LogP contribution in [0, 0.1) is 5.41 Å². The average Bonchev–Trinajstić information content (AvgIpc) is 2.97. The Morgan fingerprint density at radius 3 is 2.64 bits per heavy atom. The van der Waals surface area contributed by atoms with Gasteiger partial charge in [0, 0.05) is 32.2 Å². The normalized spacial score (nSPS) is 23.9. The van der Waals surface area contributed by atoms with Crippen molar-refractivity contribution >= 4 is 34.0 Å². The number of carbonyl (C=O) groups is 1. The van der Waals surface area contributed by atoms with Crippen molar-refractivity contribution in [2.75, 3.05) is 31.1 Å². The Kier molecular flexibility index (Phi) is 5.83. The number of halogens is 1. The second kappa shape index (κ2) is 7.23. The van der Waals surface area contributed by atoms with E-state index in [-0.39, 0.29) is 28.6 Å². The zero-order chi connectivity index (χ0) is 17.5. The molecule has 1 saturated heterocycles. The van der Waals surface area contributed by atoms with Gasteiger partial charge in [-0.2, -0.15) is 4.31 Å². The van der Waals surface area contributed by atoms with Crippen LogP contribution in [0.4, 0.5) is 5.69 Å². The first-order valence-corrected chi connectivity index (χ1v) is 9.82. The quantitative estimate of drug-likeness (QED) is 0.856. The van der Waals surface area contributed by atoms with E-state index >= 15 is 0 Å². The largest absolute Gasteiger partial charge is 0.330 e. The number of carbonyl (C=O) groups excluding carboxylic acids is 1. The summed E-state index contributed by atoms with van der Waals surface area (Å²) < 4.78 is 27.5. The van der Waals surface area contributed by atoms with Crippen molar-refractivity contribution in [3.8, 4) is 0 Å². The number of hydrogen-bond donors (Lipinski definition) is 1. The molecule has 140 valence electrons. The van der Waals surface area contributed by atoms with Gasteiger partial charge in [0.2, 0.25) is 15.9 Å². The van der Waals surface area contributed by atoms with Crippen LogP contribution in [0.25, 0.3) is 0 Å². The zero-order valence-corrected chi connectivity index (χ0v) is 16.3. The van der Waals surface area contributed by atoms with Crippen LogP contribution in [0.3, 0.4) is 0 Å². The number of anilines is 1. The van der Waals surface area contributed by atoms with E-state index < -0.39 is 10.0 Å². The number of aryl methyl sites for hydroxylation is 1. The van der Waals surface area contributed by atoms with E-state index in [1.54, 1.807) is 17.0 Å². The molecular formula is C17H26ClN3O3S. The molecule has 0 aromatic heterocycles. The summed E-state index contributed by atoms with van der Waals surface area (Å²) >= 11 is 0. The average molecular weight is 388 g/mol. The highest BCUT2D eigenvalue weighted by molar-refractivity contribution is 7.89. The van der Waals surface area contributed by atoms with Gasteiger partial charge in [-0.25, -0.2) is 8.42 Å². The van der Waals surface area contributed by atoms with Gasteiger partial charge in [0.05, 0.1) is 4.90 Å². The number of nitrogens with zero attached hydrogens (tertiary/aromatic N) is 2. The molecule has 0 spiro atoms. The highest BCUT2D eigenvalue weighted by Crippen LogP contribution is 2.35. The minimum absolute atomic E-state index is 0. The molecule has 1 aromatic rings. The van der Waals surface area contributed by atoms with E-state index in [0.717, 1.165) is 30.5 Å². The van der Waals surface area contributed by atoms with Crippen molar-refractivity contribution in [1.82, 2.24) is 4.31 Å². The third kappa shape index (κ3) is 3.69. The number of nitrogens with two attached hydrogens (primary N) is 1. The fourth-order valence-corrected chi connectivity index (χ4v) is 5.15. The number of sulfonamides is 1. The Labute approximate surface area is 155 Å². The fourth-order valence-electron chi connectivity index (χ4n) is 3.54. The van der Waals surface area contributed by atoms with E-state index in [9.17, 15) is 13.2 Å². The van der Waals surface area contributed by atoms with Crippen molar-refractivity contribution in [3.05, 3.63) is 23.8 Å². The molecular weight excluding hydrogens is 362 g/mol. The maximum atomic E-state index is 13.0. The molecule has 6 nitrogen and oxygen atoms in total. The van der Waals surface area contributed by atoms with Crippen LogP contribution in [0.1, 0.15) is 32.3 Å². The van der Waals surface area contributed by atoms with Crippen molar-refractivity contribution in [3.63, 3.8) is 0 Å². The van der Waals surface area contributed by atoms with Gasteiger partial charge in [0.1, 0.15) is 0 Å². The molecule has 1 amide bonds. The summed E-state index contributed by atoms with van der Waals surface area (Å²) in [6.07, 6.45) is 2.54. The smallest absolute Gasteiger partial charge is 0.243 e. The maximum absolute atomic E-state index is 13.0. The van der Waals surface area contributed by atoms with Gasteiger partial charge in [-0.15, -0.1) is 12.4 Å². The fraction of sp³-hybridized carbons (Fsp3) is 0.588. The summed E-state index contributed by atoms with van der Waals surface area (Å²) in [5.41, 5.74) is 7.39. The van der Waals surface area contributed by atoms with Crippen LogP contribution < -0.4 is 10.6 Å². The minimum Gasteiger partial charge on any atom is -0.330 e. The second-order valence-corrected chi connectivity index (χ2v) is 9.11. The number of rotatable bonds is 3.